The minimum atomic E-state index is 0.483. The second-order valence-corrected chi connectivity index (χ2v) is 6.10. The van der Waals surface area contributed by atoms with Gasteiger partial charge in [0.2, 0.25) is 0 Å². The van der Waals surface area contributed by atoms with Gasteiger partial charge in [-0.1, -0.05) is 24.3 Å². The molecule has 0 saturated carbocycles. The van der Waals surface area contributed by atoms with Crippen LogP contribution in [0.3, 0.4) is 0 Å². The van der Waals surface area contributed by atoms with Crippen molar-refractivity contribution in [3.05, 3.63) is 53.3 Å². The number of aryl methyl sites for hydroxylation is 3. The molecule has 3 heteroatoms. The number of fused-ring (bicyclic) bond motifs is 1. The first-order valence-corrected chi connectivity index (χ1v) is 8.01. The van der Waals surface area contributed by atoms with Crippen LogP contribution in [0.2, 0.25) is 0 Å². The van der Waals surface area contributed by atoms with Crippen LogP contribution in [0.4, 0.5) is 0 Å². The van der Waals surface area contributed by atoms with Gasteiger partial charge in [-0.15, -0.1) is 0 Å². The summed E-state index contributed by atoms with van der Waals surface area (Å²) in [7, 11) is 4.14. The van der Waals surface area contributed by atoms with Gasteiger partial charge >= 0.3 is 0 Å². The molecule has 1 heterocycles. The molecule has 0 spiro atoms. The van der Waals surface area contributed by atoms with E-state index in [4.69, 9.17) is 0 Å². The highest BCUT2D eigenvalue weighted by molar-refractivity contribution is 5.31. The normalized spacial score (nSPS) is 21.8. The van der Waals surface area contributed by atoms with Gasteiger partial charge in [-0.05, 0) is 62.3 Å². The Morgan fingerprint density at radius 3 is 2.90 bits per heavy atom. The van der Waals surface area contributed by atoms with Crippen molar-refractivity contribution in [2.45, 2.75) is 38.1 Å². The number of benzene rings is 1. The molecule has 1 aliphatic carbocycles. The summed E-state index contributed by atoms with van der Waals surface area (Å²) in [5.41, 5.74) is 4.37. The Hall–Kier alpha value is -1.61. The molecule has 0 amide bonds. The van der Waals surface area contributed by atoms with Crippen molar-refractivity contribution in [3.63, 3.8) is 0 Å². The highest BCUT2D eigenvalue weighted by Gasteiger charge is 2.26. The zero-order chi connectivity index (χ0) is 14.7. The lowest BCUT2D eigenvalue weighted by Crippen LogP contribution is -2.25. The lowest BCUT2D eigenvalue weighted by atomic mass is 9.87. The van der Waals surface area contributed by atoms with Crippen molar-refractivity contribution in [2.24, 2.45) is 13.0 Å². The number of rotatable bonds is 4. The maximum Gasteiger partial charge on any atom is 0.0492 e. The summed E-state index contributed by atoms with van der Waals surface area (Å²) in [6.07, 6.45) is 8.05. The minimum Gasteiger partial charge on any atom is -0.313 e. The first-order chi connectivity index (χ1) is 10.3. The molecule has 0 bridgehead atoms. The molecule has 0 fully saturated rings. The van der Waals surface area contributed by atoms with E-state index in [0.29, 0.717) is 12.0 Å². The number of hydrogen-bond acceptors (Lipinski definition) is 2. The summed E-state index contributed by atoms with van der Waals surface area (Å²) in [5, 5.41) is 7.85. The Kier molecular flexibility index (Phi) is 4.39. The highest BCUT2D eigenvalue weighted by Crippen LogP contribution is 2.35. The van der Waals surface area contributed by atoms with E-state index in [-0.39, 0.29) is 0 Å². The van der Waals surface area contributed by atoms with Crippen molar-refractivity contribution < 1.29 is 0 Å². The molecule has 2 atom stereocenters. The molecule has 2 unspecified atom stereocenters. The molecule has 1 N–H and O–H groups in total. The Balaban J connectivity index is 1.77. The van der Waals surface area contributed by atoms with E-state index in [1.54, 1.807) is 0 Å². The molecular weight excluding hydrogens is 258 g/mol. The van der Waals surface area contributed by atoms with Crippen LogP contribution in [0.5, 0.6) is 0 Å². The van der Waals surface area contributed by atoms with Crippen molar-refractivity contribution in [1.82, 2.24) is 15.1 Å². The molecular formula is C18H25N3. The van der Waals surface area contributed by atoms with Gasteiger partial charge in [0.15, 0.2) is 0 Å². The number of nitrogens with one attached hydrogen (secondary N) is 1. The van der Waals surface area contributed by atoms with Crippen LogP contribution >= 0.6 is 0 Å². The lowest BCUT2D eigenvalue weighted by molar-refractivity contribution is 0.337. The first kappa shape index (κ1) is 14.3. The van der Waals surface area contributed by atoms with E-state index >= 15 is 0 Å². The maximum absolute atomic E-state index is 4.28. The van der Waals surface area contributed by atoms with Crippen LogP contribution in [0, 0.1) is 5.92 Å². The van der Waals surface area contributed by atoms with Crippen molar-refractivity contribution >= 4 is 0 Å². The molecule has 1 aromatic carbocycles. The fourth-order valence-electron chi connectivity index (χ4n) is 3.72. The molecule has 3 nitrogen and oxygen atoms in total. The third kappa shape index (κ3) is 3.03. The van der Waals surface area contributed by atoms with Gasteiger partial charge in [0.25, 0.3) is 0 Å². The summed E-state index contributed by atoms with van der Waals surface area (Å²) in [5.74, 6) is 0.702. The third-order valence-corrected chi connectivity index (χ3v) is 4.89. The fraction of sp³-hybridized carbons (Fsp3) is 0.500. The Morgan fingerprint density at radius 1 is 1.29 bits per heavy atom. The Labute approximate surface area is 127 Å². The summed E-state index contributed by atoms with van der Waals surface area (Å²) >= 11 is 0. The van der Waals surface area contributed by atoms with Crippen molar-refractivity contribution in [3.8, 4) is 0 Å². The van der Waals surface area contributed by atoms with Gasteiger partial charge in [-0.2, -0.15) is 5.10 Å². The predicted molar refractivity (Wildman–Crippen MR) is 86.2 cm³/mol. The van der Waals surface area contributed by atoms with Gasteiger partial charge in [0.05, 0.1) is 0 Å². The maximum atomic E-state index is 4.28. The second kappa shape index (κ2) is 6.44. The summed E-state index contributed by atoms with van der Waals surface area (Å²) in [4.78, 5) is 0. The molecule has 1 aliphatic rings. The second-order valence-electron chi connectivity index (χ2n) is 6.10. The SMILES string of the molecule is CNC1c2ccccc2CCCC1CCc1ccnn1C. The van der Waals surface area contributed by atoms with Gasteiger partial charge in [0.1, 0.15) is 0 Å². The first-order valence-electron chi connectivity index (χ1n) is 8.01. The number of hydrogen-bond donors (Lipinski definition) is 1. The van der Waals surface area contributed by atoms with E-state index in [2.05, 4.69) is 47.8 Å². The molecule has 2 aromatic rings. The summed E-state index contributed by atoms with van der Waals surface area (Å²) in [6, 6.07) is 11.6. The molecule has 0 radical (unpaired) electrons. The number of aromatic nitrogens is 2. The fourth-order valence-corrected chi connectivity index (χ4v) is 3.72. The summed E-state index contributed by atoms with van der Waals surface area (Å²) in [6.45, 7) is 0. The molecule has 21 heavy (non-hydrogen) atoms. The van der Waals surface area contributed by atoms with Crippen molar-refractivity contribution in [2.75, 3.05) is 7.05 Å². The van der Waals surface area contributed by atoms with Crippen molar-refractivity contribution in [1.29, 1.82) is 0 Å². The van der Waals surface area contributed by atoms with E-state index in [9.17, 15) is 0 Å². The molecule has 1 aromatic heterocycles. The van der Waals surface area contributed by atoms with Crippen LogP contribution in [0.25, 0.3) is 0 Å². The third-order valence-electron chi connectivity index (χ3n) is 4.89. The predicted octanol–water partition coefficient (Wildman–Crippen LogP) is 3.27. The molecule has 0 saturated heterocycles. The quantitative estimate of drug-likeness (QED) is 0.873. The van der Waals surface area contributed by atoms with Crippen LogP contribution in [0.15, 0.2) is 36.5 Å². The van der Waals surface area contributed by atoms with Crippen LogP contribution in [-0.4, -0.2) is 16.8 Å². The average molecular weight is 283 g/mol. The monoisotopic (exact) mass is 283 g/mol. The number of nitrogens with zero attached hydrogens (tertiary/aromatic N) is 2. The largest absolute Gasteiger partial charge is 0.313 e. The Morgan fingerprint density at radius 2 is 2.14 bits per heavy atom. The topological polar surface area (TPSA) is 29.9 Å². The molecule has 3 rings (SSSR count). The summed E-state index contributed by atoms with van der Waals surface area (Å²) < 4.78 is 2.00. The van der Waals surface area contributed by atoms with Gasteiger partial charge < -0.3 is 5.32 Å². The molecule has 112 valence electrons. The standard InChI is InChI=1S/C18H25N3/c1-19-18-15(10-11-16-12-13-20-21(16)2)8-5-7-14-6-3-4-9-17(14)18/h3-4,6,9,12-13,15,18-19H,5,7-8,10-11H2,1-2H3. The van der Waals surface area contributed by atoms with Crippen LogP contribution in [0.1, 0.15) is 42.1 Å². The van der Waals surface area contributed by atoms with Gasteiger partial charge in [-0.3, -0.25) is 4.68 Å². The van der Waals surface area contributed by atoms with Crippen LogP contribution < -0.4 is 5.32 Å². The average Bonchev–Trinajstić information content (AvgIpc) is 2.82. The minimum absolute atomic E-state index is 0.483. The zero-order valence-corrected chi connectivity index (χ0v) is 13.0. The van der Waals surface area contributed by atoms with Gasteiger partial charge in [0, 0.05) is 25.0 Å². The smallest absolute Gasteiger partial charge is 0.0492 e. The van der Waals surface area contributed by atoms with E-state index in [1.807, 2.05) is 17.9 Å². The van der Waals surface area contributed by atoms with E-state index < -0.39 is 0 Å². The van der Waals surface area contributed by atoms with Gasteiger partial charge in [-0.25, -0.2) is 0 Å². The Bertz CT molecular complexity index is 588. The molecule has 0 aliphatic heterocycles. The van der Waals surface area contributed by atoms with Crippen LogP contribution in [-0.2, 0) is 19.9 Å². The zero-order valence-electron chi connectivity index (χ0n) is 13.0. The lowest BCUT2D eigenvalue weighted by Gasteiger charge is -2.26. The van der Waals surface area contributed by atoms with E-state index in [0.717, 1.165) is 6.42 Å². The van der Waals surface area contributed by atoms with E-state index in [1.165, 1.54) is 42.5 Å². The highest BCUT2D eigenvalue weighted by atomic mass is 15.2.